The van der Waals surface area contributed by atoms with Crippen molar-refractivity contribution in [2.75, 3.05) is 20.7 Å². The number of hydrogen-bond acceptors (Lipinski definition) is 4. The van der Waals surface area contributed by atoms with Crippen LogP contribution < -0.4 is 10.6 Å². The van der Waals surface area contributed by atoms with E-state index in [1.165, 1.54) is 16.3 Å². The molecule has 0 aliphatic carbocycles. The zero-order valence-corrected chi connectivity index (χ0v) is 19.8. The second-order valence-electron chi connectivity index (χ2n) is 7.37. The Kier molecular flexibility index (Phi) is 8.03. The van der Waals surface area contributed by atoms with Gasteiger partial charge in [0.2, 0.25) is 0 Å². The number of guanidine groups is 1. The molecule has 0 bridgehead atoms. The Labute approximate surface area is 194 Å². The van der Waals surface area contributed by atoms with E-state index in [-0.39, 0.29) is 30.0 Å². The van der Waals surface area contributed by atoms with E-state index in [1.807, 2.05) is 11.7 Å². The monoisotopic (exact) mass is 520 g/mol. The third kappa shape index (κ3) is 5.48. The number of methoxy groups -OCH3 is 1. The molecule has 1 atom stereocenters. The second kappa shape index (κ2) is 10.7. The van der Waals surface area contributed by atoms with Gasteiger partial charge in [0.25, 0.3) is 0 Å². The summed E-state index contributed by atoms with van der Waals surface area (Å²) in [6.45, 7) is 2.07. The minimum absolute atomic E-state index is 0. The summed E-state index contributed by atoms with van der Waals surface area (Å²) < 4.78 is 7.12. The summed E-state index contributed by atoms with van der Waals surface area (Å²) in [5.41, 5.74) is 1.32. The zero-order valence-electron chi connectivity index (χ0n) is 17.5. The van der Waals surface area contributed by atoms with Gasteiger partial charge in [-0.1, -0.05) is 42.5 Å². The van der Waals surface area contributed by atoms with Gasteiger partial charge in [-0.05, 0) is 29.2 Å². The molecule has 1 unspecified atom stereocenters. The number of nitrogens with zero attached hydrogens (tertiary/aromatic N) is 4. The highest BCUT2D eigenvalue weighted by Gasteiger charge is 2.22. The summed E-state index contributed by atoms with van der Waals surface area (Å²) in [6, 6.07) is 15.4. The highest BCUT2D eigenvalue weighted by atomic mass is 127. The molecule has 30 heavy (non-hydrogen) atoms. The molecule has 3 aromatic rings. The van der Waals surface area contributed by atoms with Crippen molar-refractivity contribution in [3.63, 3.8) is 0 Å². The van der Waals surface area contributed by atoms with E-state index in [1.54, 1.807) is 7.11 Å². The molecule has 7 nitrogen and oxygen atoms in total. The van der Waals surface area contributed by atoms with Gasteiger partial charge in [-0.2, -0.15) is 5.10 Å². The molecule has 0 radical (unpaired) electrons. The molecule has 0 saturated carbocycles. The number of aromatic nitrogens is 3. The Morgan fingerprint density at radius 3 is 2.87 bits per heavy atom. The summed E-state index contributed by atoms with van der Waals surface area (Å²) in [4.78, 5) is 8.92. The number of ether oxygens (including phenoxy) is 1. The van der Waals surface area contributed by atoms with Crippen molar-refractivity contribution < 1.29 is 4.74 Å². The summed E-state index contributed by atoms with van der Waals surface area (Å²) in [5.74, 6) is 2.62. The first-order chi connectivity index (χ1) is 14.2. The Balaban J connectivity index is 0.00000256. The van der Waals surface area contributed by atoms with Crippen molar-refractivity contribution in [2.45, 2.75) is 38.5 Å². The maximum atomic E-state index is 5.14. The maximum absolute atomic E-state index is 5.14. The summed E-state index contributed by atoms with van der Waals surface area (Å²) in [5, 5.41) is 14.1. The molecular weight excluding hydrogens is 491 g/mol. The lowest BCUT2D eigenvalue weighted by Crippen LogP contribution is -2.47. The quantitative estimate of drug-likeness (QED) is 0.297. The van der Waals surface area contributed by atoms with Crippen LogP contribution in [-0.4, -0.2) is 47.5 Å². The first kappa shape index (κ1) is 22.5. The van der Waals surface area contributed by atoms with Crippen LogP contribution in [0.15, 0.2) is 47.5 Å². The maximum Gasteiger partial charge on any atom is 0.191 e. The van der Waals surface area contributed by atoms with Crippen LogP contribution in [0.5, 0.6) is 0 Å². The van der Waals surface area contributed by atoms with E-state index < -0.39 is 0 Å². The molecule has 0 amide bonds. The molecule has 0 saturated heterocycles. The minimum Gasteiger partial charge on any atom is -0.377 e. The van der Waals surface area contributed by atoms with Crippen LogP contribution in [0.4, 0.5) is 0 Å². The predicted molar refractivity (Wildman–Crippen MR) is 130 cm³/mol. The zero-order chi connectivity index (χ0) is 20.1. The van der Waals surface area contributed by atoms with E-state index in [0.29, 0.717) is 6.61 Å². The molecule has 4 rings (SSSR count). The molecular formula is C22H29IN6O. The number of halogens is 1. The molecule has 0 spiro atoms. The number of nitrogens with one attached hydrogen (secondary N) is 2. The highest BCUT2D eigenvalue weighted by molar-refractivity contribution is 14.0. The molecule has 1 aliphatic heterocycles. The fourth-order valence-corrected chi connectivity index (χ4v) is 3.78. The molecule has 2 heterocycles. The highest BCUT2D eigenvalue weighted by Crippen LogP contribution is 2.16. The largest absolute Gasteiger partial charge is 0.377 e. The lowest BCUT2D eigenvalue weighted by molar-refractivity contribution is 0.177. The fraction of sp³-hybridized carbons (Fsp3) is 0.409. The Bertz CT molecular complexity index is 1000. The Morgan fingerprint density at radius 1 is 1.23 bits per heavy atom. The van der Waals surface area contributed by atoms with Gasteiger partial charge in [0.15, 0.2) is 11.8 Å². The van der Waals surface area contributed by atoms with E-state index >= 15 is 0 Å². The van der Waals surface area contributed by atoms with Crippen LogP contribution in [0.3, 0.4) is 0 Å². The Hall–Kier alpha value is -2.20. The molecule has 2 N–H and O–H groups in total. The summed E-state index contributed by atoms with van der Waals surface area (Å²) in [7, 11) is 3.48. The van der Waals surface area contributed by atoms with Gasteiger partial charge in [-0.25, -0.2) is 9.67 Å². The van der Waals surface area contributed by atoms with Gasteiger partial charge in [0, 0.05) is 33.2 Å². The lowest BCUT2D eigenvalue weighted by Gasteiger charge is -2.25. The lowest BCUT2D eigenvalue weighted by atomic mass is 10.1. The molecule has 160 valence electrons. The third-order valence-electron chi connectivity index (χ3n) is 5.26. The Morgan fingerprint density at radius 2 is 2.07 bits per heavy atom. The van der Waals surface area contributed by atoms with Crippen LogP contribution >= 0.6 is 24.0 Å². The first-order valence-corrected chi connectivity index (χ1v) is 10.1. The topological polar surface area (TPSA) is 76.4 Å². The van der Waals surface area contributed by atoms with Crippen LogP contribution in [-0.2, 0) is 30.7 Å². The van der Waals surface area contributed by atoms with Gasteiger partial charge in [-0.3, -0.25) is 4.99 Å². The minimum atomic E-state index is 0. The summed E-state index contributed by atoms with van der Waals surface area (Å²) >= 11 is 0. The number of aryl methyl sites for hydroxylation is 1. The van der Waals surface area contributed by atoms with E-state index in [0.717, 1.165) is 50.0 Å². The smallest absolute Gasteiger partial charge is 0.191 e. The number of hydrogen-bond donors (Lipinski definition) is 2. The number of benzene rings is 2. The van der Waals surface area contributed by atoms with Crippen LogP contribution in [0.25, 0.3) is 10.8 Å². The third-order valence-corrected chi connectivity index (χ3v) is 5.26. The first-order valence-electron chi connectivity index (χ1n) is 10.1. The van der Waals surface area contributed by atoms with E-state index in [2.05, 4.69) is 68.2 Å². The molecule has 1 aliphatic rings. The van der Waals surface area contributed by atoms with Crippen LogP contribution in [0.1, 0.15) is 23.6 Å². The van der Waals surface area contributed by atoms with Gasteiger partial charge in [-0.15, -0.1) is 24.0 Å². The van der Waals surface area contributed by atoms with Crippen molar-refractivity contribution in [2.24, 2.45) is 4.99 Å². The van der Waals surface area contributed by atoms with Gasteiger partial charge < -0.3 is 15.4 Å². The number of fused-ring (bicyclic) bond motifs is 2. The van der Waals surface area contributed by atoms with Crippen molar-refractivity contribution in [3.8, 4) is 0 Å². The molecule has 2 aromatic carbocycles. The number of rotatable bonds is 6. The van der Waals surface area contributed by atoms with Crippen molar-refractivity contribution >= 4 is 40.7 Å². The van der Waals surface area contributed by atoms with Crippen LogP contribution in [0.2, 0.25) is 0 Å². The van der Waals surface area contributed by atoms with Gasteiger partial charge in [0.1, 0.15) is 12.4 Å². The van der Waals surface area contributed by atoms with Crippen molar-refractivity contribution in [3.05, 3.63) is 59.7 Å². The second-order valence-corrected chi connectivity index (χ2v) is 7.37. The molecule has 8 heteroatoms. The van der Waals surface area contributed by atoms with E-state index in [4.69, 9.17) is 4.74 Å². The van der Waals surface area contributed by atoms with Crippen LogP contribution in [0, 0.1) is 0 Å². The van der Waals surface area contributed by atoms with Gasteiger partial charge >= 0.3 is 0 Å². The number of aliphatic imine (C=N–C) groups is 1. The standard InChI is InChI=1S/C22H28N6O.HI/c1-23-22(24-12-11-16-7-8-17-5-3-4-6-18(17)13-16)25-19-9-10-21-26-20(15-29-2)27-28(21)14-19;/h3-8,13,19H,9-12,14-15H2,1-2H3,(H2,23,24,25);1H. The van der Waals surface area contributed by atoms with E-state index in [9.17, 15) is 0 Å². The molecule has 0 fully saturated rings. The predicted octanol–water partition coefficient (Wildman–Crippen LogP) is 2.92. The average molecular weight is 520 g/mol. The SMILES string of the molecule is CN=C(NCCc1ccc2ccccc2c1)NC1CCc2nc(COC)nn2C1.I. The van der Waals surface area contributed by atoms with Gasteiger partial charge in [0.05, 0.1) is 6.54 Å². The summed E-state index contributed by atoms with van der Waals surface area (Å²) in [6.07, 6.45) is 2.86. The normalized spacial score (nSPS) is 16.1. The fourth-order valence-electron chi connectivity index (χ4n) is 3.78. The molecule has 1 aromatic heterocycles. The van der Waals surface area contributed by atoms with Crippen molar-refractivity contribution in [1.82, 2.24) is 25.4 Å². The average Bonchev–Trinajstić information content (AvgIpc) is 3.15. The van der Waals surface area contributed by atoms with Crippen molar-refractivity contribution in [1.29, 1.82) is 0 Å².